The molecular formula is C25H30N2O6. The second kappa shape index (κ2) is 9.29. The maximum Gasteiger partial charge on any atom is 0.410 e. The van der Waals surface area contributed by atoms with Crippen molar-refractivity contribution in [3.05, 3.63) is 35.9 Å². The Balaban J connectivity index is 1.50. The Labute approximate surface area is 193 Å². The molecule has 0 unspecified atom stereocenters. The molecule has 33 heavy (non-hydrogen) atoms. The highest BCUT2D eigenvalue weighted by molar-refractivity contribution is 5.85. The van der Waals surface area contributed by atoms with Gasteiger partial charge >= 0.3 is 6.09 Å². The van der Waals surface area contributed by atoms with Crippen LogP contribution in [0, 0.1) is 5.92 Å². The molecule has 0 N–H and O–H groups in total. The smallest absolute Gasteiger partial charge is 0.410 e. The van der Waals surface area contributed by atoms with Gasteiger partial charge in [-0.3, -0.25) is 4.79 Å². The number of ether oxygens (including phenoxy) is 4. The lowest BCUT2D eigenvalue weighted by Gasteiger charge is -2.24. The number of amides is 1. The lowest BCUT2D eigenvalue weighted by atomic mass is 9.96. The van der Waals surface area contributed by atoms with E-state index in [-0.39, 0.29) is 24.2 Å². The summed E-state index contributed by atoms with van der Waals surface area (Å²) in [6.07, 6.45) is 0.483. The monoisotopic (exact) mass is 454 g/mol. The number of nitrogens with zero attached hydrogens (tertiary/aromatic N) is 2. The molecule has 1 amide bonds. The summed E-state index contributed by atoms with van der Waals surface area (Å²) in [6.45, 7) is 7.36. The molecular weight excluding hydrogens is 424 g/mol. The molecule has 0 radical (unpaired) electrons. The van der Waals surface area contributed by atoms with E-state index in [1.54, 1.807) is 18.1 Å². The molecule has 1 aromatic carbocycles. The number of methoxy groups -OCH3 is 1. The van der Waals surface area contributed by atoms with E-state index in [9.17, 15) is 9.59 Å². The number of likely N-dealkylation sites (tertiary alicyclic amines) is 1. The summed E-state index contributed by atoms with van der Waals surface area (Å²) < 4.78 is 22.4. The van der Waals surface area contributed by atoms with Crippen molar-refractivity contribution in [3.8, 4) is 28.6 Å². The Morgan fingerprint density at radius 2 is 1.97 bits per heavy atom. The van der Waals surface area contributed by atoms with Crippen LogP contribution < -0.4 is 14.2 Å². The zero-order valence-corrected chi connectivity index (χ0v) is 19.6. The van der Waals surface area contributed by atoms with Gasteiger partial charge in [-0.1, -0.05) is 6.07 Å². The third kappa shape index (κ3) is 5.38. The zero-order chi connectivity index (χ0) is 23.6. The van der Waals surface area contributed by atoms with Crippen molar-refractivity contribution in [3.63, 3.8) is 0 Å². The van der Waals surface area contributed by atoms with Crippen LogP contribution in [-0.2, 0) is 16.0 Å². The van der Waals surface area contributed by atoms with Gasteiger partial charge < -0.3 is 23.8 Å². The summed E-state index contributed by atoms with van der Waals surface area (Å²) in [5, 5.41) is 0. The minimum Gasteiger partial charge on any atom is -0.486 e. The molecule has 3 heterocycles. The molecule has 0 spiro atoms. The molecule has 8 nitrogen and oxygen atoms in total. The van der Waals surface area contributed by atoms with Gasteiger partial charge in [0.15, 0.2) is 11.5 Å². The summed E-state index contributed by atoms with van der Waals surface area (Å²) in [5.41, 5.74) is 1.68. The number of Topliss-reactive ketones (excluding diaryl/α,β-unsaturated/α-hetero) is 1. The van der Waals surface area contributed by atoms with E-state index >= 15 is 0 Å². The molecule has 1 saturated heterocycles. The number of fused-ring (bicyclic) bond motifs is 1. The summed E-state index contributed by atoms with van der Waals surface area (Å²) in [5.74, 6) is 1.60. The van der Waals surface area contributed by atoms with Crippen LogP contribution in [0.1, 0.15) is 32.8 Å². The molecule has 4 rings (SSSR count). The van der Waals surface area contributed by atoms with E-state index in [0.29, 0.717) is 55.8 Å². The van der Waals surface area contributed by atoms with Crippen LogP contribution in [0.5, 0.6) is 17.4 Å². The van der Waals surface area contributed by atoms with Crippen molar-refractivity contribution in [2.45, 2.75) is 39.2 Å². The lowest BCUT2D eigenvalue weighted by molar-refractivity contribution is -0.121. The van der Waals surface area contributed by atoms with Crippen LogP contribution in [0.25, 0.3) is 11.3 Å². The summed E-state index contributed by atoms with van der Waals surface area (Å²) in [7, 11) is 1.55. The Kier molecular flexibility index (Phi) is 6.44. The van der Waals surface area contributed by atoms with Crippen LogP contribution in [0.4, 0.5) is 4.79 Å². The maximum absolute atomic E-state index is 13.1. The number of ketones is 1. The SMILES string of the molecule is COc1cc(CC(=O)[C@@H]2CCN(C(=O)OC(C)(C)C)C2)cc(-c2cccc3c2OCCO3)n1. The van der Waals surface area contributed by atoms with Crippen molar-refractivity contribution >= 4 is 11.9 Å². The molecule has 0 bridgehead atoms. The van der Waals surface area contributed by atoms with E-state index in [2.05, 4.69) is 4.98 Å². The van der Waals surface area contributed by atoms with Gasteiger partial charge in [0.25, 0.3) is 0 Å². The van der Waals surface area contributed by atoms with Crippen LogP contribution in [0.3, 0.4) is 0 Å². The van der Waals surface area contributed by atoms with Crippen LogP contribution >= 0.6 is 0 Å². The summed E-state index contributed by atoms with van der Waals surface area (Å²) >= 11 is 0. The van der Waals surface area contributed by atoms with Crippen molar-refractivity contribution in [1.82, 2.24) is 9.88 Å². The van der Waals surface area contributed by atoms with Crippen molar-refractivity contribution in [2.24, 2.45) is 5.92 Å². The molecule has 2 aliphatic heterocycles. The molecule has 0 aliphatic carbocycles. The predicted molar refractivity (Wildman–Crippen MR) is 122 cm³/mol. The number of para-hydroxylation sites is 1. The first-order chi connectivity index (χ1) is 15.7. The van der Waals surface area contributed by atoms with Gasteiger partial charge in [0, 0.05) is 37.1 Å². The molecule has 176 valence electrons. The number of carbonyl (C=O) groups is 2. The van der Waals surface area contributed by atoms with Gasteiger partial charge in [-0.2, -0.15) is 0 Å². The Hall–Kier alpha value is -3.29. The first-order valence-corrected chi connectivity index (χ1v) is 11.2. The van der Waals surface area contributed by atoms with Gasteiger partial charge in [0.1, 0.15) is 24.6 Å². The van der Waals surface area contributed by atoms with Crippen LogP contribution in [0.2, 0.25) is 0 Å². The van der Waals surface area contributed by atoms with E-state index in [1.165, 1.54) is 0 Å². The molecule has 2 aromatic rings. The molecule has 2 aliphatic rings. The average Bonchev–Trinajstić information content (AvgIpc) is 3.28. The number of aromatic nitrogens is 1. The lowest BCUT2D eigenvalue weighted by Crippen LogP contribution is -2.36. The first-order valence-electron chi connectivity index (χ1n) is 11.2. The first kappa shape index (κ1) is 22.9. The van der Waals surface area contributed by atoms with Crippen molar-refractivity contribution in [1.29, 1.82) is 0 Å². The highest BCUT2D eigenvalue weighted by Gasteiger charge is 2.33. The summed E-state index contributed by atoms with van der Waals surface area (Å²) in [6, 6.07) is 9.32. The molecule has 8 heteroatoms. The summed E-state index contributed by atoms with van der Waals surface area (Å²) in [4.78, 5) is 31.6. The minimum absolute atomic E-state index is 0.0786. The normalized spacial score (nSPS) is 17.6. The van der Waals surface area contributed by atoms with Crippen molar-refractivity contribution in [2.75, 3.05) is 33.4 Å². The number of rotatable bonds is 5. The van der Waals surface area contributed by atoms with Gasteiger partial charge in [-0.05, 0) is 51.0 Å². The fourth-order valence-electron chi connectivity index (χ4n) is 4.04. The Morgan fingerprint density at radius 3 is 2.73 bits per heavy atom. The highest BCUT2D eigenvalue weighted by atomic mass is 16.6. The predicted octanol–water partition coefficient (Wildman–Crippen LogP) is 3.90. The quantitative estimate of drug-likeness (QED) is 0.677. The third-order valence-corrected chi connectivity index (χ3v) is 5.59. The van der Waals surface area contributed by atoms with E-state index < -0.39 is 5.60 Å². The Morgan fingerprint density at radius 1 is 1.18 bits per heavy atom. The number of pyridine rings is 1. The number of hydrogen-bond donors (Lipinski definition) is 0. The molecule has 1 fully saturated rings. The molecule has 0 saturated carbocycles. The van der Waals surface area contributed by atoms with Gasteiger partial charge in [0.05, 0.1) is 12.8 Å². The van der Waals surface area contributed by atoms with Gasteiger partial charge in [-0.25, -0.2) is 9.78 Å². The zero-order valence-electron chi connectivity index (χ0n) is 19.6. The number of carbonyl (C=O) groups excluding carboxylic acids is 2. The number of benzene rings is 1. The molecule has 1 atom stereocenters. The largest absolute Gasteiger partial charge is 0.486 e. The third-order valence-electron chi connectivity index (χ3n) is 5.59. The van der Waals surface area contributed by atoms with Crippen LogP contribution in [-0.4, -0.2) is 60.8 Å². The molecule has 1 aromatic heterocycles. The fraction of sp³-hybridized carbons (Fsp3) is 0.480. The van der Waals surface area contributed by atoms with E-state index in [0.717, 1.165) is 11.1 Å². The van der Waals surface area contributed by atoms with Crippen LogP contribution in [0.15, 0.2) is 30.3 Å². The van der Waals surface area contributed by atoms with Gasteiger partial charge in [0.2, 0.25) is 5.88 Å². The van der Waals surface area contributed by atoms with Crippen molar-refractivity contribution < 1.29 is 28.5 Å². The standard InChI is InChI=1S/C25H30N2O6/c1-25(2,3)33-24(29)27-9-8-17(15-27)20(28)13-16-12-19(26-22(14-16)30-4)18-6-5-7-21-23(18)32-11-10-31-21/h5-7,12,14,17H,8-11,13,15H2,1-4H3/t17-/m1/s1. The Bertz CT molecular complexity index is 1050. The minimum atomic E-state index is -0.561. The maximum atomic E-state index is 13.1. The average molecular weight is 455 g/mol. The second-order valence-electron chi connectivity index (χ2n) is 9.29. The number of hydrogen-bond acceptors (Lipinski definition) is 7. The van der Waals surface area contributed by atoms with E-state index in [1.807, 2.05) is 45.0 Å². The van der Waals surface area contributed by atoms with Gasteiger partial charge in [-0.15, -0.1) is 0 Å². The van der Waals surface area contributed by atoms with E-state index in [4.69, 9.17) is 18.9 Å². The fourth-order valence-corrected chi connectivity index (χ4v) is 4.04. The second-order valence-corrected chi connectivity index (χ2v) is 9.29. The highest BCUT2D eigenvalue weighted by Crippen LogP contribution is 2.40. The topological polar surface area (TPSA) is 87.2 Å².